The number of carbonyl (C=O) groups is 1. The van der Waals surface area contributed by atoms with Crippen LogP contribution in [0.25, 0.3) is 0 Å². The highest BCUT2D eigenvalue weighted by molar-refractivity contribution is 7.98. The molecule has 0 saturated carbocycles. The van der Waals surface area contributed by atoms with Crippen molar-refractivity contribution in [3.05, 3.63) is 34.3 Å². The highest BCUT2D eigenvalue weighted by Gasteiger charge is 2.36. The first-order valence-electron chi connectivity index (χ1n) is 8.22. The average Bonchev–Trinajstić information content (AvgIpc) is 3.07. The Morgan fingerprint density at radius 1 is 1.26 bits per heavy atom. The first-order valence-corrected chi connectivity index (χ1v) is 10.8. The monoisotopic (exact) mass is 415 g/mol. The smallest absolute Gasteiger partial charge is 0.292 e. The summed E-state index contributed by atoms with van der Waals surface area (Å²) in [6, 6.07) is 3.91. The molecular formula is C16H25N5O4S2. The minimum atomic E-state index is -4.06. The zero-order chi connectivity index (χ0) is 20.2. The maximum Gasteiger partial charge on any atom is 0.292 e. The Morgan fingerprint density at radius 3 is 2.56 bits per heavy atom. The number of hydrogen-bond donors (Lipinski definition) is 2. The Balaban J connectivity index is 1.83. The second kappa shape index (κ2) is 8.81. The second-order valence-corrected chi connectivity index (χ2v) is 9.09. The molecule has 9 nitrogen and oxygen atoms in total. The third kappa shape index (κ3) is 5.50. The first-order chi connectivity index (χ1) is 12.6. The molecule has 11 heteroatoms. The van der Waals surface area contributed by atoms with Crippen LogP contribution in [0.5, 0.6) is 0 Å². The molecule has 0 bridgehead atoms. The third-order valence-corrected chi connectivity index (χ3v) is 5.86. The SMILES string of the molecule is CN(C)Cc1ccc(CSCCNC2=NS(=O)(=O)C(C(=O)N(C)C)=C2N)o1. The van der Waals surface area contributed by atoms with Gasteiger partial charge in [-0.1, -0.05) is 0 Å². The molecule has 0 aromatic carbocycles. The van der Waals surface area contributed by atoms with E-state index in [2.05, 4.69) is 9.71 Å². The highest BCUT2D eigenvalue weighted by Crippen LogP contribution is 2.21. The van der Waals surface area contributed by atoms with Crippen molar-refractivity contribution in [3.63, 3.8) is 0 Å². The maximum absolute atomic E-state index is 12.0. The number of nitrogens with one attached hydrogen (secondary N) is 1. The first kappa shape index (κ1) is 21.3. The summed E-state index contributed by atoms with van der Waals surface area (Å²) in [6.07, 6.45) is 0. The number of sulfonamides is 1. The molecule has 3 N–H and O–H groups in total. The number of nitrogens with zero attached hydrogens (tertiary/aromatic N) is 3. The van der Waals surface area contributed by atoms with Gasteiger partial charge in [0.05, 0.1) is 12.3 Å². The lowest BCUT2D eigenvalue weighted by molar-refractivity contribution is -0.124. The van der Waals surface area contributed by atoms with Gasteiger partial charge in [0.2, 0.25) is 0 Å². The van der Waals surface area contributed by atoms with E-state index in [0.717, 1.165) is 23.0 Å². The fourth-order valence-corrected chi connectivity index (χ4v) is 4.35. The van der Waals surface area contributed by atoms with Gasteiger partial charge in [0.25, 0.3) is 15.9 Å². The van der Waals surface area contributed by atoms with Gasteiger partial charge in [-0.15, -0.1) is 4.40 Å². The number of carbonyl (C=O) groups excluding carboxylic acids is 1. The molecule has 0 atom stereocenters. The molecule has 1 aliphatic rings. The standard InChI is InChI=1S/C16H25N5O4S2/c1-20(2)9-11-5-6-12(25-11)10-26-8-7-18-15-13(17)14(16(22)21(3)4)27(23,24)19-15/h5-6H,7-10,17H2,1-4H3,(H,18,19). The van der Waals surface area contributed by atoms with Crippen molar-refractivity contribution in [1.82, 2.24) is 15.1 Å². The molecule has 0 fully saturated rings. The molecule has 27 heavy (non-hydrogen) atoms. The summed E-state index contributed by atoms with van der Waals surface area (Å²) in [5.41, 5.74) is 5.68. The summed E-state index contributed by atoms with van der Waals surface area (Å²) >= 11 is 1.63. The Bertz CT molecular complexity index is 856. The Hall–Kier alpha value is -1.98. The van der Waals surface area contributed by atoms with Gasteiger partial charge in [0.1, 0.15) is 17.2 Å². The van der Waals surface area contributed by atoms with Crippen LogP contribution in [0.15, 0.2) is 31.5 Å². The van der Waals surface area contributed by atoms with Crippen molar-refractivity contribution in [2.45, 2.75) is 12.3 Å². The van der Waals surface area contributed by atoms with Gasteiger partial charge in [0.15, 0.2) is 10.7 Å². The van der Waals surface area contributed by atoms with Gasteiger partial charge in [-0.05, 0) is 26.2 Å². The predicted octanol–water partition coefficient (Wildman–Crippen LogP) is 0.164. The molecule has 0 radical (unpaired) electrons. The van der Waals surface area contributed by atoms with Gasteiger partial charge >= 0.3 is 0 Å². The van der Waals surface area contributed by atoms with E-state index in [1.165, 1.54) is 14.1 Å². The van der Waals surface area contributed by atoms with Crippen LogP contribution in [0.1, 0.15) is 11.5 Å². The summed E-state index contributed by atoms with van der Waals surface area (Å²) in [4.78, 5) is 14.7. The Labute approximate surface area is 163 Å². The van der Waals surface area contributed by atoms with Crippen molar-refractivity contribution in [3.8, 4) is 0 Å². The molecule has 1 amide bonds. The summed E-state index contributed by atoms with van der Waals surface area (Å²) in [6.45, 7) is 1.20. The lowest BCUT2D eigenvalue weighted by Crippen LogP contribution is -2.32. The largest absolute Gasteiger partial charge is 0.464 e. The molecule has 150 valence electrons. The van der Waals surface area contributed by atoms with Crippen molar-refractivity contribution < 1.29 is 17.6 Å². The number of likely N-dealkylation sites (N-methyl/N-ethyl adjacent to an activating group) is 1. The van der Waals surface area contributed by atoms with Gasteiger partial charge in [-0.2, -0.15) is 20.2 Å². The van der Waals surface area contributed by atoms with E-state index < -0.39 is 20.8 Å². The molecule has 1 aliphatic heterocycles. The van der Waals surface area contributed by atoms with Crippen LogP contribution < -0.4 is 11.1 Å². The van der Waals surface area contributed by atoms with E-state index in [4.69, 9.17) is 10.2 Å². The van der Waals surface area contributed by atoms with Gasteiger partial charge in [-0.3, -0.25) is 4.79 Å². The molecule has 0 spiro atoms. The third-order valence-electron chi connectivity index (χ3n) is 3.54. The zero-order valence-electron chi connectivity index (χ0n) is 15.9. The molecule has 0 saturated heterocycles. The van der Waals surface area contributed by atoms with Crippen LogP contribution in [-0.4, -0.2) is 70.4 Å². The van der Waals surface area contributed by atoms with Crippen molar-refractivity contribution >= 4 is 33.5 Å². The number of rotatable bonds is 8. The number of nitrogens with two attached hydrogens (primary N) is 1. The number of hydrogen-bond acceptors (Lipinski definition) is 8. The lowest BCUT2D eigenvalue weighted by Gasteiger charge is -2.10. The molecule has 0 unspecified atom stereocenters. The summed E-state index contributed by atoms with van der Waals surface area (Å²) in [7, 11) is 2.81. The van der Waals surface area contributed by atoms with Crippen LogP contribution in [0.2, 0.25) is 0 Å². The zero-order valence-corrected chi connectivity index (χ0v) is 17.5. The minimum Gasteiger partial charge on any atom is -0.464 e. The Kier molecular flexibility index (Phi) is 6.95. The average molecular weight is 416 g/mol. The summed E-state index contributed by atoms with van der Waals surface area (Å²) < 4.78 is 33.4. The normalized spacial score (nSPS) is 16.0. The fourth-order valence-electron chi connectivity index (χ4n) is 2.33. The maximum atomic E-state index is 12.0. The van der Waals surface area contributed by atoms with E-state index >= 15 is 0 Å². The van der Waals surface area contributed by atoms with E-state index in [9.17, 15) is 13.2 Å². The van der Waals surface area contributed by atoms with E-state index in [1.54, 1.807) is 11.8 Å². The van der Waals surface area contributed by atoms with Crippen LogP contribution >= 0.6 is 11.8 Å². The molecule has 1 aromatic heterocycles. The number of furan rings is 1. The topological polar surface area (TPSA) is 121 Å². The molecular weight excluding hydrogens is 390 g/mol. The summed E-state index contributed by atoms with van der Waals surface area (Å²) in [5, 5.41) is 2.89. The number of thioether (sulfide) groups is 1. The van der Waals surface area contributed by atoms with Crippen LogP contribution in [0, 0.1) is 0 Å². The second-order valence-electron chi connectivity index (χ2n) is 6.44. The molecule has 0 aliphatic carbocycles. The number of amidine groups is 1. The van der Waals surface area contributed by atoms with Gasteiger partial charge in [-0.25, -0.2) is 0 Å². The lowest BCUT2D eigenvalue weighted by atomic mass is 10.3. The minimum absolute atomic E-state index is 0.0204. The predicted molar refractivity (Wildman–Crippen MR) is 107 cm³/mol. The Morgan fingerprint density at radius 2 is 1.93 bits per heavy atom. The van der Waals surface area contributed by atoms with E-state index in [-0.39, 0.29) is 11.5 Å². The van der Waals surface area contributed by atoms with Crippen LogP contribution in [-0.2, 0) is 27.1 Å². The van der Waals surface area contributed by atoms with E-state index in [0.29, 0.717) is 18.1 Å². The van der Waals surface area contributed by atoms with Gasteiger partial charge < -0.3 is 25.3 Å². The number of amides is 1. The fraction of sp³-hybridized carbons (Fsp3) is 0.500. The molecule has 2 heterocycles. The molecule has 1 aromatic rings. The molecule has 2 rings (SSSR count). The van der Waals surface area contributed by atoms with Crippen molar-refractivity contribution in [2.75, 3.05) is 40.5 Å². The van der Waals surface area contributed by atoms with Crippen LogP contribution in [0.4, 0.5) is 0 Å². The highest BCUT2D eigenvalue weighted by atomic mass is 32.2. The van der Waals surface area contributed by atoms with Gasteiger partial charge in [0, 0.05) is 26.4 Å². The summed E-state index contributed by atoms with van der Waals surface area (Å²) in [5.74, 6) is 2.52. The van der Waals surface area contributed by atoms with Crippen molar-refractivity contribution in [2.24, 2.45) is 10.1 Å². The van der Waals surface area contributed by atoms with E-state index in [1.807, 2.05) is 31.1 Å². The van der Waals surface area contributed by atoms with Crippen LogP contribution in [0.3, 0.4) is 0 Å². The van der Waals surface area contributed by atoms with Crippen molar-refractivity contribution in [1.29, 1.82) is 0 Å². The quantitative estimate of drug-likeness (QED) is 0.576.